The van der Waals surface area contributed by atoms with Gasteiger partial charge in [0.1, 0.15) is 0 Å². The van der Waals surface area contributed by atoms with Gasteiger partial charge in [-0.3, -0.25) is 4.90 Å². The smallest absolute Gasteiger partial charge is 0.180 e. The summed E-state index contributed by atoms with van der Waals surface area (Å²) in [5, 5.41) is 9.06. The molecule has 0 fully saturated rings. The summed E-state index contributed by atoms with van der Waals surface area (Å²) < 4.78 is 0. The fourth-order valence-electron chi connectivity index (χ4n) is 1.49. The van der Waals surface area contributed by atoms with Crippen molar-refractivity contribution in [3.63, 3.8) is 0 Å². The van der Waals surface area contributed by atoms with E-state index < -0.39 is 0 Å². The maximum absolute atomic E-state index is 9.06. The monoisotopic (exact) mass is 220 g/mol. The molecule has 17 heavy (non-hydrogen) atoms. The van der Waals surface area contributed by atoms with E-state index in [2.05, 4.69) is 6.19 Å². The molecule has 0 atom stereocenters. The van der Waals surface area contributed by atoms with Gasteiger partial charge in [-0.05, 0) is 11.1 Å². The van der Waals surface area contributed by atoms with Crippen LogP contribution in [0.2, 0.25) is 0 Å². The second-order valence-electron chi connectivity index (χ2n) is 3.59. The number of nitrogens with zero attached hydrogens (tertiary/aromatic N) is 2. The van der Waals surface area contributed by atoms with Gasteiger partial charge >= 0.3 is 0 Å². The molecule has 0 spiro atoms. The Bertz CT molecular complexity index is 444. The summed E-state index contributed by atoms with van der Waals surface area (Å²) in [7, 11) is 0. The molecular weight excluding hydrogens is 208 g/mol. The van der Waals surface area contributed by atoms with Crippen molar-refractivity contribution in [2.75, 3.05) is 0 Å². The first kappa shape index (κ1) is 11.2. The maximum atomic E-state index is 9.06. The summed E-state index contributed by atoms with van der Waals surface area (Å²) in [6.45, 7) is 3.60. The Morgan fingerprint density at radius 1 is 0.765 bits per heavy atom. The van der Waals surface area contributed by atoms with Crippen LogP contribution in [-0.2, 0) is 0 Å². The van der Waals surface area contributed by atoms with Crippen LogP contribution < -0.4 is 0 Å². The topological polar surface area (TPSA) is 27.0 Å². The van der Waals surface area contributed by atoms with Gasteiger partial charge < -0.3 is 0 Å². The van der Waals surface area contributed by atoms with Gasteiger partial charge in [-0.15, -0.1) is 0 Å². The molecule has 0 bridgehead atoms. The number of rotatable bonds is 4. The lowest BCUT2D eigenvalue weighted by atomic mass is 10.2. The Morgan fingerprint density at radius 2 is 1.18 bits per heavy atom. The van der Waals surface area contributed by atoms with Crippen LogP contribution in [0.1, 0.15) is 11.1 Å². The Kier molecular flexibility index (Phi) is 3.77. The van der Waals surface area contributed by atoms with Crippen molar-refractivity contribution in [2.24, 2.45) is 0 Å². The maximum Gasteiger partial charge on any atom is 0.180 e. The summed E-state index contributed by atoms with van der Waals surface area (Å²) in [5.74, 6) is 0. The van der Waals surface area contributed by atoms with E-state index in [0.717, 1.165) is 11.1 Å². The van der Waals surface area contributed by atoms with Crippen molar-refractivity contribution in [3.05, 3.63) is 84.9 Å². The summed E-state index contributed by atoms with van der Waals surface area (Å²) in [4.78, 5) is 1.50. The number of hydrogen-bond donors (Lipinski definition) is 0. The molecule has 0 N–H and O–H groups in total. The standard InChI is InChI=1S/C15H12N2/c16-13-17(11-14-7-3-1-4-8-14)12-15-9-5-2-6-10-15/h1-12H. The normalized spacial score (nSPS) is 9.59. The molecule has 0 aliphatic rings. The van der Waals surface area contributed by atoms with E-state index in [-0.39, 0.29) is 0 Å². The third kappa shape index (κ3) is 3.35. The fourth-order valence-corrected chi connectivity index (χ4v) is 1.49. The molecule has 2 rings (SSSR count). The van der Waals surface area contributed by atoms with Gasteiger partial charge in [-0.25, -0.2) is 0 Å². The van der Waals surface area contributed by atoms with Crippen LogP contribution >= 0.6 is 0 Å². The highest BCUT2D eigenvalue weighted by Gasteiger charge is 2.05. The molecule has 82 valence electrons. The minimum atomic E-state index is 1.00. The molecule has 2 heteroatoms. The van der Waals surface area contributed by atoms with Gasteiger partial charge in [0.15, 0.2) is 6.19 Å². The first-order valence-electron chi connectivity index (χ1n) is 5.36. The average Bonchev–Trinajstić information content (AvgIpc) is 2.40. The van der Waals surface area contributed by atoms with Gasteiger partial charge in [0.25, 0.3) is 0 Å². The van der Waals surface area contributed by atoms with Gasteiger partial charge in [0, 0.05) is 0 Å². The molecule has 0 saturated heterocycles. The Hall–Kier alpha value is -2.27. The lowest BCUT2D eigenvalue weighted by Gasteiger charge is -2.13. The van der Waals surface area contributed by atoms with Gasteiger partial charge in [-0.1, -0.05) is 60.7 Å². The summed E-state index contributed by atoms with van der Waals surface area (Å²) >= 11 is 0. The van der Waals surface area contributed by atoms with E-state index in [4.69, 9.17) is 5.26 Å². The van der Waals surface area contributed by atoms with Gasteiger partial charge in [0.2, 0.25) is 0 Å². The highest BCUT2D eigenvalue weighted by Crippen LogP contribution is 2.11. The van der Waals surface area contributed by atoms with Gasteiger partial charge in [0.05, 0.1) is 13.1 Å². The summed E-state index contributed by atoms with van der Waals surface area (Å²) in [6.07, 6.45) is 2.12. The number of benzene rings is 2. The second-order valence-corrected chi connectivity index (χ2v) is 3.59. The molecule has 2 radical (unpaired) electrons. The predicted octanol–water partition coefficient (Wildman–Crippen LogP) is 3.19. The Balaban J connectivity index is 2.01. The third-order valence-electron chi connectivity index (χ3n) is 2.29. The van der Waals surface area contributed by atoms with Crippen molar-refractivity contribution in [2.45, 2.75) is 0 Å². The zero-order valence-electron chi connectivity index (χ0n) is 9.32. The second kappa shape index (κ2) is 5.72. The SMILES string of the molecule is N#CN([CH]c1ccccc1)[CH]c1ccccc1. The molecule has 2 aromatic rings. The Morgan fingerprint density at radius 3 is 1.53 bits per heavy atom. The third-order valence-corrected chi connectivity index (χ3v) is 2.29. The van der Waals surface area contributed by atoms with E-state index in [1.807, 2.05) is 60.7 Å². The summed E-state index contributed by atoms with van der Waals surface area (Å²) in [6, 6.07) is 19.5. The van der Waals surface area contributed by atoms with Crippen molar-refractivity contribution < 1.29 is 0 Å². The molecule has 0 aromatic heterocycles. The Labute approximate surface area is 102 Å². The van der Waals surface area contributed by atoms with Crippen molar-refractivity contribution in [3.8, 4) is 6.19 Å². The molecule has 0 aliphatic carbocycles. The van der Waals surface area contributed by atoms with Crippen molar-refractivity contribution in [1.29, 1.82) is 5.26 Å². The van der Waals surface area contributed by atoms with E-state index in [1.165, 1.54) is 4.90 Å². The molecule has 2 nitrogen and oxygen atoms in total. The van der Waals surface area contributed by atoms with Crippen LogP contribution in [0.15, 0.2) is 60.7 Å². The summed E-state index contributed by atoms with van der Waals surface area (Å²) in [5.41, 5.74) is 2.00. The van der Waals surface area contributed by atoms with Crippen molar-refractivity contribution >= 4 is 0 Å². The highest BCUT2D eigenvalue weighted by molar-refractivity contribution is 5.28. The molecular formula is C15H12N2. The highest BCUT2D eigenvalue weighted by atomic mass is 15.1. The van der Waals surface area contributed by atoms with Crippen LogP contribution in [0, 0.1) is 24.5 Å². The van der Waals surface area contributed by atoms with Crippen LogP contribution in [-0.4, -0.2) is 4.90 Å². The van der Waals surface area contributed by atoms with E-state index >= 15 is 0 Å². The predicted molar refractivity (Wildman–Crippen MR) is 67.1 cm³/mol. The van der Waals surface area contributed by atoms with Crippen LogP contribution in [0.3, 0.4) is 0 Å². The van der Waals surface area contributed by atoms with Crippen LogP contribution in [0.4, 0.5) is 0 Å². The number of nitriles is 1. The molecule has 0 amide bonds. The minimum Gasteiger partial charge on any atom is -0.291 e. The average molecular weight is 220 g/mol. The lowest BCUT2D eigenvalue weighted by molar-refractivity contribution is 0.603. The quantitative estimate of drug-likeness (QED) is 0.584. The zero-order valence-corrected chi connectivity index (χ0v) is 9.32. The fraction of sp³-hybridized carbons (Fsp3) is 0. The number of hydrogen-bond acceptors (Lipinski definition) is 2. The van der Waals surface area contributed by atoms with Gasteiger partial charge in [-0.2, -0.15) is 5.26 Å². The molecule has 0 unspecified atom stereocenters. The largest absolute Gasteiger partial charge is 0.291 e. The molecule has 0 heterocycles. The first-order chi connectivity index (χ1) is 8.38. The lowest BCUT2D eigenvalue weighted by Crippen LogP contribution is -2.12. The zero-order chi connectivity index (χ0) is 11.9. The van der Waals surface area contributed by atoms with E-state index in [1.54, 1.807) is 13.1 Å². The van der Waals surface area contributed by atoms with E-state index in [9.17, 15) is 0 Å². The van der Waals surface area contributed by atoms with Crippen LogP contribution in [0.25, 0.3) is 0 Å². The van der Waals surface area contributed by atoms with E-state index in [0.29, 0.717) is 0 Å². The molecule has 2 aromatic carbocycles. The molecule has 0 aliphatic heterocycles. The van der Waals surface area contributed by atoms with Crippen LogP contribution in [0.5, 0.6) is 0 Å². The molecule has 0 saturated carbocycles. The minimum absolute atomic E-state index is 1.00. The van der Waals surface area contributed by atoms with Crippen molar-refractivity contribution in [1.82, 2.24) is 4.90 Å². The first-order valence-corrected chi connectivity index (χ1v) is 5.36.